The lowest BCUT2D eigenvalue weighted by atomic mass is 10.1. The van der Waals surface area contributed by atoms with Gasteiger partial charge in [0.25, 0.3) is 0 Å². The average Bonchev–Trinajstić information content (AvgIpc) is 2.59. The first kappa shape index (κ1) is 11.2. The summed E-state index contributed by atoms with van der Waals surface area (Å²) >= 11 is 0. The summed E-state index contributed by atoms with van der Waals surface area (Å²) in [4.78, 5) is 18.4. The lowest BCUT2D eigenvalue weighted by Crippen LogP contribution is -2.32. The molecule has 2 atom stereocenters. The third-order valence-electron chi connectivity index (χ3n) is 2.78. The SMILES string of the molecule is CC1C=CN2CCC(C(=O)OC(C)C)C2=N1. The number of rotatable bonds is 2. The van der Waals surface area contributed by atoms with Crippen LogP contribution in [0.1, 0.15) is 27.2 Å². The van der Waals surface area contributed by atoms with Gasteiger partial charge in [-0.15, -0.1) is 0 Å². The van der Waals surface area contributed by atoms with E-state index in [0.29, 0.717) is 0 Å². The Bertz CT molecular complexity index is 347. The summed E-state index contributed by atoms with van der Waals surface area (Å²) in [6.45, 7) is 6.62. The zero-order valence-electron chi connectivity index (χ0n) is 10.0. The summed E-state index contributed by atoms with van der Waals surface area (Å²) < 4.78 is 5.25. The van der Waals surface area contributed by atoms with Gasteiger partial charge in [-0.3, -0.25) is 9.79 Å². The highest BCUT2D eigenvalue weighted by Gasteiger charge is 2.36. The highest BCUT2D eigenvalue weighted by Crippen LogP contribution is 2.25. The van der Waals surface area contributed by atoms with Crippen LogP contribution in [0.5, 0.6) is 0 Å². The lowest BCUT2D eigenvalue weighted by molar-refractivity contribution is -0.149. The maximum Gasteiger partial charge on any atom is 0.316 e. The molecule has 2 aliphatic rings. The van der Waals surface area contributed by atoms with Gasteiger partial charge in [0.15, 0.2) is 0 Å². The fourth-order valence-corrected chi connectivity index (χ4v) is 2.04. The Balaban J connectivity index is 2.10. The van der Waals surface area contributed by atoms with Crippen LogP contribution >= 0.6 is 0 Å². The minimum Gasteiger partial charge on any atom is -0.462 e. The molecule has 0 aliphatic carbocycles. The van der Waals surface area contributed by atoms with E-state index in [4.69, 9.17) is 4.74 Å². The topological polar surface area (TPSA) is 41.9 Å². The number of amidine groups is 1. The largest absolute Gasteiger partial charge is 0.462 e. The second-order valence-corrected chi connectivity index (χ2v) is 4.59. The first-order valence-corrected chi connectivity index (χ1v) is 5.81. The van der Waals surface area contributed by atoms with Crippen LogP contribution in [0.4, 0.5) is 0 Å². The molecule has 2 rings (SSSR count). The number of aliphatic imine (C=N–C) groups is 1. The van der Waals surface area contributed by atoms with E-state index in [2.05, 4.69) is 4.99 Å². The number of esters is 1. The molecule has 0 spiro atoms. The molecule has 0 N–H and O–H groups in total. The van der Waals surface area contributed by atoms with E-state index in [1.54, 1.807) is 0 Å². The van der Waals surface area contributed by atoms with Crippen LogP contribution in [0.15, 0.2) is 17.3 Å². The minimum atomic E-state index is -0.171. The Kier molecular flexibility index (Phi) is 2.99. The number of ether oxygens (including phenoxy) is 1. The first-order valence-electron chi connectivity index (χ1n) is 5.81. The molecular weight excluding hydrogens is 204 g/mol. The Labute approximate surface area is 96.0 Å². The third-order valence-corrected chi connectivity index (χ3v) is 2.78. The van der Waals surface area contributed by atoms with Crippen molar-refractivity contribution < 1.29 is 9.53 Å². The van der Waals surface area contributed by atoms with E-state index < -0.39 is 0 Å². The molecule has 0 aromatic carbocycles. The molecule has 88 valence electrons. The van der Waals surface area contributed by atoms with Crippen LogP contribution < -0.4 is 0 Å². The van der Waals surface area contributed by atoms with Crippen molar-refractivity contribution in [2.24, 2.45) is 10.9 Å². The van der Waals surface area contributed by atoms with Gasteiger partial charge >= 0.3 is 5.97 Å². The van der Waals surface area contributed by atoms with Crippen molar-refractivity contribution in [3.8, 4) is 0 Å². The van der Waals surface area contributed by atoms with Crippen molar-refractivity contribution in [3.05, 3.63) is 12.3 Å². The molecule has 2 unspecified atom stereocenters. The second-order valence-electron chi connectivity index (χ2n) is 4.59. The van der Waals surface area contributed by atoms with Crippen molar-refractivity contribution in [2.45, 2.75) is 39.3 Å². The molecule has 0 bridgehead atoms. The normalized spacial score (nSPS) is 28.0. The van der Waals surface area contributed by atoms with Crippen molar-refractivity contribution in [2.75, 3.05) is 6.54 Å². The smallest absolute Gasteiger partial charge is 0.316 e. The molecule has 1 fully saturated rings. The Morgan fingerprint density at radius 3 is 3.06 bits per heavy atom. The second kappa shape index (κ2) is 4.28. The van der Waals surface area contributed by atoms with Crippen LogP contribution in [0.2, 0.25) is 0 Å². The van der Waals surface area contributed by atoms with Gasteiger partial charge in [-0.1, -0.05) is 0 Å². The Morgan fingerprint density at radius 1 is 1.62 bits per heavy atom. The quantitative estimate of drug-likeness (QED) is 0.666. The molecule has 16 heavy (non-hydrogen) atoms. The summed E-state index contributed by atoms with van der Waals surface area (Å²) in [7, 11) is 0. The molecular formula is C12H18N2O2. The van der Waals surface area contributed by atoms with Crippen LogP contribution in [0.25, 0.3) is 0 Å². The fourth-order valence-electron chi connectivity index (χ4n) is 2.04. The van der Waals surface area contributed by atoms with Gasteiger partial charge < -0.3 is 9.64 Å². The molecule has 0 saturated carbocycles. The van der Waals surface area contributed by atoms with E-state index in [0.717, 1.165) is 18.8 Å². The van der Waals surface area contributed by atoms with Gasteiger partial charge in [-0.2, -0.15) is 0 Å². The van der Waals surface area contributed by atoms with Crippen LogP contribution in [-0.2, 0) is 9.53 Å². The Morgan fingerprint density at radius 2 is 2.38 bits per heavy atom. The highest BCUT2D eigenvalue weighted by atomic mass is 16.5. The van der Waals surface area contributed by atoms with E-state index in [-0.39, 0.29) is 24.0 Å². The maximum atomic E-state index is 11.9. The van der Waals surface area contributed by atoms with E-state index >= 15 is 0 Å². The van der Waals surface area contributed by atoms with Crippen molar-refractivity contribution in [1.29, 1.82) is 0 Å². The molecule has 0 aromatic heterocycles. The van der Waals surface area contributed by atoms with Crippen LogP contribution in [-0.4, -0.2) is 35.4 Å². The zero-order valence-corrected chi connectivity index (χ0v) is 10.0. The number of hydrogen-bond donors (Lipinski definition) is 0. The first-order chi connectivity index (χ1) is 7.58. The third kappa shape index (κ3) is 2.10. The molecule has 0 aromatic rings. The predicted octanol–water partition coefficient (Wildman–Crippen LogP) is 1.57. The van der Waals surface area contributed by atoms with Crippen molar-refractivity contribution >= 4 is 11.8 Å². The molecule has 4 heteroatoms. The number of nitrogens with zero attached hydrogens (tertiary/aromatic N) is 2. The summed E-state index contributed by atoms with van der Waals surface area (Å²) in [6, 6.07) is 0.165. The molecule has 2 aliphatic heterocycles. The number of hydrogen-bond acceptors (Lipinski definition) is 4. The summed E-state index contributed by atoms with van der Waals surface area (Å²) in [6.07, 6.45) is 4.82. The van der Waals surface area contributed by atoms with Gasteiger partial charge in [0, 0.05) is 12.7 Å². The molecule has 1 saturated heterocycles. The van der Waals surface area contributed by atoms with E-state index in [1.807, 2.05) is 37.9 Å². The zero-order chi connectivity index (χ0) is 11.7. The highest BCUT2D eigenvalue weighted by molar-refractivity contribution is 6.03. The fraction of sp³-hybridized carbons (Fsp3) is 0.667. The number of fused-ring (bicyclic) bond motifs is 1. The summed E-state index contributed by atoms with van der Waals surface area (Å²) in [5, 5.41) is 0. The average molecular weight is 222 g/mol. The molecule has 2 heterocycles. The summed E-state index contributed by atoms with van der Waals surface area (Å²) in [5.74, 6) is 0.564. The van der Waals surface area contributed by atoms with Gasteiger partial charge in [0.1, 0.15) is 11.8 Å². The Hall–Kier alpha value is -1.32. The van der Waals surface area contributed by atoms with Crippen molar-refractivity contribution in [1.82, 2.24) is 4.90 Å². The van der Waals surface area contributed by atoms with Crippen molar-refractivity contribution in [3.63, 3.8) is 0 Å². The van der Waals surface area contributed by atoms with E-state index in [1.165, 1.54) is 0 Å². The predicted molar refractivity (Wildman–Crippen MR) is 62.1 cm³/mol. The molecule has 0 amide bonds. The van der Waals surface area contributed by atoms with Crippen LogP contribution in [0, 0.1) is 5.92 Å². The maximum absolute atomic E-state index is 11.9. The summed E-state index contributed by atoms with van der Waals surface area (Å²) in [5.41, 5.74) is 0. The number of carbonyl (C=O) groups is 1. The van der Waals surface area contributed by atoms with Crippen LogP contribution in [0.3, 0.4) is 0 Å². The van der Waals surface area contributed by atoms with E-state index in [9.17, 15) is 4.79 Å². The standard InChI is InChI=1S/C12H18N2O2/c1-8(2)16-12(15)10-5-7-14-6-4-9(3)13-11(10)14/h4,6,8-10H,5,7H2,1-3H3. The lowest BCUT2D eigenvalue weighted by Gasteiger charge is -2.22. The van der Waals surface area contributed by atoms with Gasteiger partial charge in [0.05, 0.1) is 12.1 Å². The minimum absolute atomic E-state index is 0.0568. The number of carbonyl (C=O) groups excluding carboxylic acids is 1. The van der Waals surface area contributed by atoms with Gasteiger partial charge in [-0.25, -0.2) is 0 Å². The van der Waals surface area contributed by atoms with Gasteiger partial charge in [0.2, 0.25) is 0 Å². The molecule has 0 radical (unpaired) electrons. The molecule has 4 nitrogen and oxygen atoms in total. The monoisotopic (exact) mass is 222 g/mol. The van der Waals surface area contributed by atoms with Gasteiger partial charge in [-0.05, 0) is 33.3 Å².